The van der Waals surface area contributed by atoms with Gasteiger partial charge in [-0.05, 0) is 41.3 Å². The Bertz CT molecular complexity index is 711. The topological polar surface area (TPSA) is 78.4 Å². The van der Waals surface area contributed by atoms with Crippen molar-refractivity contribution in [1.82, 2.24) is 10.8 Å². The molecule has 0 heterocycles. The number of hydroxylamine groups is 1. The van der Waals surface area contributed by atoms with Crippen LogP contribution in [-0.4, -0.2) is 23.6 Å². The van der Waals surface area contributed by atoms with Gasteiger partial charge >= 0.3 is 0 Å². The molecule has 0 unspecified atom stereocenters. The normalized spacial score (nSPS) is 10.4. The SMILES string of the molecule is CC(C)CNC(=O)c1cccc(-c2cccc(C(=O)NO)c2)c1. The maximum atomic E-state index is 12.1. The smallest absolute Gasteiger partial charge is 0.274 e. The van der Waals surface area contributed by atoms with E-state index in [2.05, 4.69) is 5.32 Å². The fourth-order valence-electron chi connectivity index (χ4n) is 2.14. The van der Waals surface area contributed by atoms with Gasteiger partial charge in [0.05, 0.1) is 0 Å². The van der Waals surface area contributed by atoms with Crippen LogP contribution < -0.4 is 10.8 Å². The van der Waals surface area contributed by atoms with E-state index in [9.17, 15) is 9.59 Å². The average molecular weight is 312 g/mol. The van der Waals surface area contributed by atoms with Crippen molar-refractivity contribution in [3.63, 3.8) is 0 Å². The van der Waals surface area contributed by atoms with Crippen molar-refractivity contribution in [3.05, 3.63) is 59.7 Å². The molecule has 0 aliphatic rings. The van der Waals surface area contributed by atoms with E-state index in [4.69, 9.17) is 5.21 Å². The molecule has 5 heteroatoms. The summed E-state index contributed by atoms with van der Waals surface area (Å²) in [6, 6.07) is 14.1. The van der Waals surface area contributed by atoms with Crippen molar-refractivity contribution in [2.24, 2.45) is 5.92 Å². The van der Waals surface area contributed by atoms with Gasteiger partial charge in [0, 0.05) is 17.7 Å². The molecular formula is C18H20N2O3. The van der Waals surface area contributed by atoms with Crippen LogP contribution in [0.15, 0.2) is 48.5 Å². The van der Waals surface area contributed by atoms with Crippen LogP contribution in [0.2, 0.25) is 0 Å². The van der Waals surface area contributed by atoms with Crippen molar-refractivity contribution in [2.75, 3.05) is 6.54 Å². The van der Waals surface area contributed by atoms with Gasteiger partial charge in [0.25, 0.3) is 11.8 Å². The first-order chi connectivity index (χ1) is 11.0. The molecule has 2 amide bonds. The predicted molar refractivity (Wildman–Crippen MR) is 88.3 cm³/mol. The molecule has 5 nitrogen and oxygen atoms in total. The molecule has 0 atom stereocenters. The van der Waals surface area contributed by atoms with Crippen LogP contribution in [0.4, 0.5) is 0 Å². The lowest BCUT2D eigenvalue weighted by molar-refractivity contribution is 0.0706. The van der Waals surface area contributed by atoms with Crippen molar-refractivity contribution >= 4 is 11.8 Å². The molecule has 0 bridgehead atoms. The second-order valence-electron chi connectivity index (χ2n) is 5.71. The first-order valence-corrected chi connectivity index (χ1v) is 7.44. The Morgan fingerprint density at radius 2 is 1.48 bits per heavy atom. The number of amides is 2. The van der Waals surface area contributed by atoms with Crippen molar-refractivity contribution < 1.29 is 14.8 Å². The van der Waals surface area contributed by atoms with Crippen LogP contribution in [0.3, 0.4) is 0 Å². The van der Waals surface area contributed by atoms with Crippen LogP contribution in [0, 0.1) is 5.92 Å². The molecule has 0 spiro atoms. The molecule has 23 heavy (non-hydrogen) atoms. The Labute approximate surface area is 135 Å². The fourth-order valence-corrected chi connectivity index (χ4v) is 2.14. The van der Waals surface area contributed by atoms with E-state index >= 15 is 0 Å². The third-order valence-corrected chi connectivity index (χ3v) is 3.36. The van der Waals surface area contributed by atoms with Crippen molar-refractivity contribution in [2.45, 2.75) is 13.8 Å². The Balaban J connectivity index is 2.26. The lowest BCUT2D eigenvalue weighted by Gasteiger charge is -2.09. The Hall–Kier alpha value is -2.66. The highest BCUT2D eigenvalue weighted by Gasteiger charge is 2.09. The number of nitrogens with one attached hydrogen (secondary N) is 2. The number of rotatable bonds is 5. The average Bonchev–Trinajstić information content (AvgIpc) is 2.59. The standard InChI is InChI=1S/C18H20N2O3/c1-12(2)11-19-17(21)15-7-3-5-13(9-15)14-6-4-8-16(10-14)18(22)20-23/h3-10,12,23H,11H2,1-2H3,(H,19,21)(H,20,22). The van der Waals surface area contributed by atoms with Crippen LogP contribution in [0.5, 0.6) is 0 Å². The molecule has 3 N–H and O–H groups in total. The van der Waals surface area contributed by atoms with Crippen molar-refractivity contribution in [1.29, 1.82) is 0 Å². The van der Waals surface area contributed by atoms with Crippen LogP contribution in [0.1, 0.15) is 34.6 Å². The first-order valence-electron chi connectivity index (χ1n) is 7.44. The van der Waals surface area contributed by atoms with E-state index in [1.807, 2.05) is 26.0 Å². The quantitative estimate of drug-likeness (QED) is 0.587. The highest BCUT2D eigenvalue weighted by Crippen LogP contribution is 2.21. The summed E-state index contributed by atoms with van der Waals surface area (Å²) in [4.78, 5) is 23.6. The first kappa shape index (κ1) is 16.7. The molecular weight excluding hydrogens is 292 g/mol. The molecule has 0 aliphatic heterocycles. The second kappa shape index (κ2) is 7.56. The predicted octanol–water partition coefficient (Wildman–Crippen LogP) is 2.86. The second-order valence-corrected chi connectivity index (χ2v) is 5.71. The molecule has 0 fully saturated rings. The molecule has 120 valence electrons. The number of benzene rings is 2. The van der Waals surface area contributed by atoms with E-state index in [0.717, 1.165) is 11.1 Å². The number of hydrogen-bond acceptors (Lipinski definition) is 3. The van der Waals surface area contributed by atoms with Crippen molar-refractivity contribution in [3.8, 4) is 11.1 Å². The maximum absolute atomic E-state index is 12.1. The summed E-state index contributed by atoms with van der Waals surface area (Å²) in [5.41, 5.74) is 4.15. The summed E-state index contributed by atoms with van der Waals surface area (Å²) in [6.45, 7) is 4.69. The zero-order chi connectivity index (χ0) is 16.8. The largest absolute Gasteiger partial charge is 0.352 e. The Morgan fingerprint density at radius 1 is 0.957 bits per heavy atom. The Morgan fingerprint density at radius 3 is 1.96 bits per heavy atom. The van der Waals surface area contributed by atoms with Gasteiger partial charge in [-0.25, -0.2) is 5.48 Å². The Kier molecular flexibility index (Phi) is 5.49. The van der Waals surface area contributed by atoms with E-state index in [0.29, 0.717) is 23.6 Å². The van der Waals surface area contributed by atoms with Crippen LogP contribution >= 0.6 is 0 Å². The molecule has 2 aromatic carbocycles. The van der Waals surface area contributed by atoms with Gasteiger partial charge in [-0.15, -0.1) is 0 Å². The lowest BCUT2D eigenvalue weighted by atomic mass is 10.0. The molecule has 0 saturated carbocycles. The molecule has 2 aromatic rings. The minimum atomic E-state index is -0.572. The number of hydrogen-bond donors (Lipinski definition) is 3. The summed E-state index contributed by atoms with van der Waals surface area (Å²) in [6.07, 6.45) is 0. The van der Waals surface area contributed by atoms with Gasteiger partial charge in [0.1, 0.15) is 0 Å². The van der Waals surface area contributed by atoms with Gasteiger partial charge in [-0.1, -0.05) is 38.1 Å². The fraction of sp³-hybridized carbons (Fsp3) is 0.222. The van der Waals surface area contributed by atoms with Gasteiger partial charge in [0.2, 0.25) is 0 Å². The minimum Gasteiger partial charge on any atom is -0.352 e. The van der Waals surface area contributed by atoms with Gasteiger partial charge in [-0.2, -0.15) is 0 Å². The lowest BCUT2D eigenvalue weighted by Crippen LogP contribution is -2.27. The molecule has 0 saturated heterocycles. The van der Waals surface area contributed by atoms with Gasteiger partial charge in [-0.3, -0.25) is 14.8 Å². The maximum Gasteiger partial charge on any atom is 0.274 e. The summed E-state index contributed by atoms with van der Waals surface area (Å²) in [7, 11) is 0. The van der Waals surface area contributed by atoms with E-state index in [1.54, 1.807) is 41.9 Å². The zero-order valence-corrected chi connectivity index (χ0v) is 13.2. The van der Waals surface area contributed by atoms with E-state index < -0.39 is 5.91 Å². The number of carbonyl (C=O) groups excluding carboxylic acids is 2. The molecule has 2 rings (SSSR count). The van der Waals surface area contributed by atoms with Crippen LogP contribution in [-0.2, 0) is 0 Å². The third-order valence-electron chi connectivity index (χ3n) is 3.36. The molecule has 0 aromatic heterocycles. The summed E-state index contributed by atoms with van der Waals surface area (Å²) < 4.78 is 0. The summed E-state index contributed by atoms with van der Waals surface area (Å²) in [5.74, 6) is -0.307. The summed E-state index contributed by atoms with van der Waals surface area (Å²) >= 11 is 0. The van der Waals surface area contributed by atoms with Crippen LogP contribution in [0.25, 0.3) is 11.1 Å². The number of carbonyl (C=O) groups is 2. The monoisotopic (exact) mass is 312 g/mol. The summed E-state index contributed by atoms with van der Waals surface area (Å²) in [5, 5.41) is 11.6. The van der Waals surface area contributed by atoms with Gasteiger partial charge < -0.3 is 5.32 Å². The highest BCUT2D eigenvalue weighted by atomic mass is 16.5. The minimum absolute atomic E-state index is 0.121. The van der Waals surface area contributed by atoms with Gasteiger partial charge in [0.15, 0.2) is 0 Å². The third kappa shape index (κ3) is 4.40. The highest BCUT2D eigenvalue weighted by molar-refractivity contribution is 5.96. The molecule has 0 aliphatic carbocycles. The zero-order valence-electron chi connectivity index (χ0n) is 13.2. The molecule has 0 radical (unpaired) electrons. The van der Waals surface area contributed by atoms with E-state index in [-0.39, 0.29) is 5.91 Å². The van der Waals surface area contributed by atoms with E-state index in [1.165, 1.54) is 0 Å².